The Bertz CT molecular complexity index is 615. The minimum Gasteiger partial charge on any atom is -0.478 e. The third-order valence-electron chi connectivity index (χ3n) is 2.43. The van der Waals surface area contributed by atoms with Gasteiger partial charge in [-0.05, 0) is 19.1 Å². The van der Waals surface area contributed by atoms with Gasteiger partial charge in [0.15, 0.2) is 0 Å². The van der Waals surface area contributed by atoms with E-state index in [-0.39, 0.29) is 11.3 Å². The minimum atomic E-state index is -1.06. The predicted octanol–water partition coefficient (Wildman–Crippen LogP) is 1.07. The third-order valence-corrected chi connectivity index (χ3v) is 2.43. The molecule has 2 aromatic rings. The summed E-state index contributed by atoms with van der Waals surface area (Å²) < 4.78 is 0. The van der Waals surface area contributed by atoms with Crippen LogP contribution in [-0.2, 0) is 6.54 Å². The molecule has 0 radical (unpaired) electrons. The Morgan fingerprint density at radius 1 is 1.47 bits per heavy atom. The predicted molar refractivity (Wildman–Crippen MR) is 69.7 cm³/mol. The Hall–Kier alpha value is -2.70. The molecule has 2 heterocycles. The van der Waals surface area contributed by atoms with E-state index in [1.807, 2.05) is 0 Å². The number of carboxylic acids is 1. The van der Waals surface area contributed by atoms with Crippen molar-refractivity contribution in [2.45, 2.75) is 13.5 Å². The summed E-state index contributed by atoms with van der Waals surface area (Å²) in [5, 5.41) is 11.8. The molecule has 0 fully saturated rings. The highest BCUT2D eigenvalue weighted by atomic mass is 16.4. The molecule has 0 bridgehead atoms. The van der Waals surface area contributed by atoms with Crippen molar-refractivity contribution in [3.63, 3.8) is 0 Å². The molecule has 0 saturated heterocycles. The van der Waals surface area contributed by atoms with Crippen LogP contribution in [-0.4, -0.2) is 26.0 Å². The molecule has 0 spiro atoms. The van der Waals surface area contributed by atoms with Crippen molar-refractivity contribution in [3.05, 3.63) is 41.6 Å². The monoisotopic (exact) mass is 259 g/mol. The molecule has 0 unspecified atom stereocenters. The van der Waals surface area contributed by atoms with Crippen LogP contribution in [0, 0.1) is 6.92 Å². The molecule has 0 aliphatic heterocycles. The smallest absolute Gasteiger partial charge is 0.337 e. The van der Waals surface area contributed by atoms with Gasteiger partial charge in [-0.1, -0.05) is 0 Å². The van der Waals surface area contributed by atoms with Crippen LogP contribution in [0.3, 0.4) is 0 Å². The van der Waals surface area contributed by atoms with E-state index in [0.717, 1.165) is 5.69 Å². The summed E-state index contributed by atoms with van der Waals surface area (Å²) in [5.74, 6) is 0.0555. The van der Waals surface area contributed by atoms with Gasteiger partial charge in [0.05, 0.1) is 23.5 Å². The van der Waals surface area contributed by atoms with Crippen LogP contribution in [0.15, 0.2) is 24.5 Å². The van der Waals surface area contributed by atoms with Crippen LogP contribution < -0.4 is 11.1 Å². The number of aryl methyl sites for hydroxylation is 1. The molecule has 0 saturated carbocycles. The lowest BCUT2D eigenvalue weighted by atomic mass is 10.2. The number of aromatic nitrogens is 3. The zero-order chi connectivity index (χ0) is 13.8. The van der Waals surface area contributed by atoms with Crippen molar-refractivity contribution in [2.75, 3.05) is 11.1 Å². The van der Waals surface area contributed by atoms with Gasteiger partial charge in [0.1, 0.15) is 11.6 Å². The number of nitrogens with two attached hydrogens (primary N) is 1. The van der Waals surface area contributed by atoms with Crippen LogP contribution in [0.2, 0.25) is 0 Å². The summed E-state index contributed by atoms with van der Waals surface area (Å²) in [4.78, 5) is 23.0. The Morgan fingerprint density at radius 3 is 2.89 bits per heavy atom. The molecular weight excluding hydrogens is 246 g/mol. The van der Waals surface area contributed by atoms with Gasteiger partial charge >= 0.3 is 5.97 Å². The number of carboxylic acid groups (broad SMARTS) is 1. The number of pyridine rings is 1. The minimum absolute atomic E-state index is 0.0564. The Balaban J connectivity index is 2.10. The Kier molecular flexibility index (Phi) is 3.56. The zero-order valence-corrected chi connectivity index (χ0v) is 10.3. The number of hydrogen-bond acceptors (Lipinski definition) is 6. The second kappa shape index (κ2) is 5.30. The number of nitrogen functional groups attached to an aromatic ring is 1. The first-order chi connectivity index (χ1) is 9.06. The highest BCUT2D eigenvalue weighted by Crippen LogP contribution is 2.17. The van der Waals surface area contributed by atoms with Crippen molar-refractivity contribution in [3.8, 4) is 0 Å². The fourth-order valence-electron chi connectivity index (χ4n) is 1.52. The maximum absolute atomic E-state index is 10.7. The molecule has 2 rings (SSSR count). The van der Waals surface area contributed by atoms with Gasteiger partial charge < -0.3 is 16.2 Å². The fraction of sp³-hybridized carbons (Fsp3) is 0.167. The van der Waals surface area contributed by atoms with Gasteiger partial charge in [-0.15, -0.1) is 0 Å². The molecule has 98 valence electrons. The molecule has 19 heavy (non-hydrogen) atoms. The maximum Gasteiger partial charge on any atom is 0.337 e. The van der Waals surface area contributed by atoms with Crippen molar-refractivity contribution in [2.24, 2.45) is 0 Å². The topological polar surface area (TPSA) is 114 Å². The first-order valence-electron chi connectivity index (χ1n) is 5.57. The van der Waals surface area contributed by atoms with Crippen molar-refractivity contribution >= 4 is 17.5 Å². The molecule has 0 amide bonds. The van der Waals surface area contributed by atoms with Gasteiger partial charge in [0.2, 0.25) is 0 Å². The first-order valence-corrected chi connectivity index (χ1v) is 5.57. The summed E-state index contributed by atoms with van der Waals surface area (Å²) in [6.07, 6.45) is 2.93. The number of hydrogen-bond donors (Lipinski definition) is 3. The molecule has 4 N–H and O–H groups in total. The number of nitrogens with one attached hydrogen (secondary N) is 1. The van der Waals surface area contributed by atoms with Crippen LogP contribution >= 0.6 is 0 Å². The number of aromatic carboxylic acids is 1. The van der Waals surface area contributed by atoms with E-state index in [0.29, 0.717) is 18.2 Å². The van der Waals surface area contributed by atoms with Gasteiger partial charge in [0.25, 0.3) is 0 Å². The second-order valence-electron chi connectivity index (χ2n) is 3.92. The highest BCUT2D eigenvalue weighted by molar-refractivity contribution is 5.89. The summed E-state index contributed by atoms with van der Waals surface area (Å²) in [6, 6.07) is 3.14. The van der Waals surface area contributed by atoms with E-state index in [4.69, 9.17) is 10.8 Å². The summed E-state index contributed by atoms with van der Waals surface area (Å²) in [6.45, 7) is 2.24. The van der Waals surface area contributed by atoms with Crippen LogP contribution in [0.25, 0.3) is 0 Å². The van der Waals surface area contributed by atoms with Gasteiger partial charge in [-0.25, -0.2) is 19.7 Å². The summed E-state index contributed by atoms with van der Waals surface area (Å²) in [5.41, 5.74) is 6.87. The largest absolute Gasteiger partial charge is 0.478 e. The van der Waals surface area contributed by atoms with Crippen LogP contribution in [0.4, 0.5) is 11.5 Å². The van der Waals surface area contributed by atoms with Crippen molar-refractivity contribution in [1.29, 1.82) is 0 Å². The van der Waals surface area contributed by atoms with E-state index < -0.39 is 5.97 Å². The van der Waals surface area contributed by atoms with Crippen LogP contribution in [0.1, 0.15) is 21.9 Å². The Labute approximate surface area is 109 Å². The van der Waals surface area contributed by atoms with E-state index >= 15 is 0 Å². The highest BCUT2D eigenvalue weighted by Gasteiger charge is 2.07. The molecule has 7 nitrogen and oxygen atoms in total. The van der Waals surface area contributed by atoms with Crippen molar-refractivity contribution in [1.82, 2.24) is 15.0 Å². The normalized spacial score (nSPS) is 10.2. The lowest BCUT2D eigenvalue weighted by Crippen LogP contribution is -2.08. The molecule has 0 aliphatic carbocycles. The number of anilines is 2. The van der Waals surface area contributed by atoms with Crippen molar-refractivity contribution < 1.29 is 9.90 Å². The first kappa shape index (κ1) is 12.7. The summed E-state index contributed by atoms with van der Waals surface area (Å²) in [7, 11) is 0. The second-order valence-corrected chi connectivity index (χ2v) is 3.92. The van der Waals surface area contributed by atoms with Gasteiger partial charge in [0, 0.05) is 12.4 Å². The van der Waals surface area contributed by atoms with Gasteiger partial charge in [-0.3, -0.25) is 0 Å². The fourth-order valence-corrected chi connectivity index (χ4v) is 1.52. The zero-order valence-electron chi connectivity index (χ0n) is 10.3. The third kappa shape index (κ3) is 3.15. The molecule has 0 aromatic carbocycles. The molecule has 2 aromatic heterocycles. The number of nitrogens with zero attached hydrogens (tertiary/aromatic N) is 3. The van der Waals surface area contributed by atoms with E-state index in [2.05, 4.69) is 20.3 Å². The lowest BCUT2D eigenvalue weighted by molar-refractivity contribution is 0.0696. The average Bonchev–Trinajstić information content (AvgIpc) is 2.37. The number of carbonyl (C=O) groups is 1. The Morgan fingerprint density at radius 2 is 2.26 bits per heavy atom. The maximum atomic E-state index is 10.7. The number of rotatable bonds is 4. The average molecular weight is 259 g/mol. The van der Waals surface area contributed by atoms with E-state index in [1.165, 1.54) is 12.3 Å². The summed E-state index contributed by atoms with van der Waals surface area (Å²) >= 11 is 0. The molecule has 0 atom stereocenters. The molecule has 7 heteroatoms. The lowest BCUT2D eigenvalue weighted by Gasteiger charge is -2.08. The quantitative estimate of drug-likeness (QED) is 0.752. The molecular formula is C12H13N5O2. The van der Waals surface area contributed by atoms with E-state index in [1.54, 1.807) is 19.2 Å². The van der Waals surface area contributed by atoms with E-state index in [9.17, 15) is 4.79 Å². The standard InChI is InChI=1S/C12H13N5O2/c1-7-14-3-2-9(17-7)6-16-11-10(13)4-8(5-15-11)12(18)19/h2-5H,6,13H2,1H3,(H,15,16)(H,18,19). The van der Waals surface area contributed by atoms with Crippen LogP contribution in [0.5, 0.6) is 0 Å². The molecule has 0 aliphatic rings. The SMILES string of the molecule is Cc1nccc(CNc2ncc(C(=O)O)cc2N)n1. The van der Waals surface area contributed by atoms with Gasteiger partial charge in [-0.2, -0.15) is 0 Å².